The van der Waals surface area contributed by atoms with Gasteiger partial charge in [0.05, 0.1) is 6.61 Å². The van der Waals surface area contributed by atoms with Crippen molar-refractivity contribution in [2.75, 3.05) is 13.2 Å². The Balaban J connectivity index is 1.86. The second-order valence-corrected chi connectivity index (χ2v) is 7.89. The predicted molar refractivity (Wildman–Crippen MR) is 111 cm³/mol. The first-order valence-electron chi connectivity index (χ1n) is 9.71. The number of carbonyl (C=O) groups excluding carboxylic acids is 1. The predicted octanol–water partition coefficient (Wildman–Crippen LogP) is 4.67. The zero-order chi connectivity index (χ0) is 19.1. The SMILES string of the molecule is CC(C)N(C(=O)N1CCC[C@H]1C(=S)OCCCc1ccccc1)C(C)C. The molecular formula is C21H32N2O2S. The fraction of sp³-hybridized carbons (Fsp3) is 0.619. The number of benzene rings is 1. The first-order valence-corrected chi connectivity index (χ1v) is 10.1. The van der Waals surface area contributed by atoms with E-state index in [4.69, 9.17) is 17.0 Å². The Morgan fingerprint density at radius 3 is 2.50 bits per heavy atom. The van der Waals surface area contributed by atoms with Gasteiger partial charge in [-0.25, -0.2) is 4.79 Å². The minimum atomic E-state index is -0.0748. The quantitative estimate of drug-likeness (QED) is 0.512. The lowest BCUT2D eigenvalue weighted by atomic mass is 10.1. The fourth-order valence-corrected chi connectivity index (χ4v) is 3.95. The molecule has 144 valence electrons. The second kappa shape index (κ2) is 9.91. The van der Waals surface area contributed by atoms with Gasteiger partial charge in [-0.2, -0.15) is 0 Å². The van der Waals surface area contributed by atoms with Crippen molar-refractivity contribution in [3.8, 4) is 0 Å². The molecule has 0 unspecified atom stereocenters. The van der Waals surface area contributed by atoms with Gasteiger partial charge in [0, 0.05) is 18.6 Å². The molecule has 1 aromatic carbocycles. The molecule has 1 fully saturated rings. The maximum atomic E-state index is 13.0. The van der Waals surface area contributed by atoms with Gasteiger partial charge in [0.1, 0.15) is 6.04 Å². The molecule has 1 atom stereocenters. The molecule has 0 saturated carbocycles. The monoisotopic (exact) mass is 376 g/mol. The van der Waals surface area contributed by atoms with Crippen LogP contribution in [0.4, 0.5) is 4.79 Å². The third-order valence-electron chi connectivity index (χ3n) is 4.80. The van der Waals surface area contributed by atoms with Crippen molar-refractivity contribution in [3.63, 3.8) is 0 Å². The molecule has 2 amide bonds. The molecule has 5 heteroatoms. The highest BCUT2D eigenvalue weighted by Crippen LogP contribution is 2.23. The number of aryl methyl sites for hydroxylation is 1. The Kier molecular flexibility index (Phi) is 7.88. The summed E-state index contributed by atoms with van der Waals surface area (Å²) >= 11 is 5.52. The first-order chi connectivity index (χ1) is 12.4. The molecule has 1 aliphatic heterocycles. The van der Waals surface area contributed by atoms with Crippen LogP contribution in [0.5, 0.6) is 0 Å². The summed E-state index contributed by atoms with van der Waals surface area (Å²) in [5, 5.41) is 0.566. The van der Waals surface area contributed by atoms with Crippen molar-refractivity contribution in [1.29, 1.82) is 0 Å². The summed E-state index contributed by atoms with van der Waals surface area (Å²) in [5.74, 6) is 0. The van der Waals surface area contributed by atoms with E-state index in [2.05, 4.69) is 52.0 Å². The van der Waals surface area contributed by atoms with Crippen molar-refractivity contribution in [3.05, 3.63) is 35.9 Å². The number of thiocarbonyl (C=S) groups is 1. The van der Waals surface area contributed by atoms with Crippen LogP contribution in [0.2, 0.25) is 0 Å². The Labute approximate surface area is 163 Å². The van der Waals surface area contributed by atoms with Gasteiger partial charge in [-0.3, -0.25) is 0 Å². The average Bonchev–Trinajstić information content (AvgIpc) is 3.08. The van der Waals surface area contributed by atoms with Crippen molar-refractivity contribution in [2.45, 2.75) is 71.5 Å². The van der Waals surface area contributed by atoms with E-state index in [-0.39, 0.29) is 24.2 Å². The summed E-state index contributed by atoms with van der Waals surface area (Å²) in [5.41, 5.74) is 1.31. The molecule has 2 rings (SSSR count). The number of hydrogen-bond donors (Lipinski definition) is 0. The van der Waals surface area contributed by atoms with Crippen molar-refractivity contribution < 1.29 is 9.53 Å². The maximum Gasteiger partial charge on any atom is 0.321 e. The van der Waals surface area contributed by atoms with Crippen LogP contribution in [-0.4, -0.2) is 52.2 Å². The summed E-state index contributed by atoms with van der Waals surface area (Å²) in [6, 6.07) is 10.7. The highest BCUT2D eigenvalue weighted by molar-refractivity contribution is 7.80. The molecule has 4 nitrogen and oxygen atoms in total. The minimum absolute atomic E-state index is 0.0748. The molecule has 1 saturated heterocycles. The van der Waals surface area contributed by atoms with E-state index >= 15 is 0 Å². The topological polar surface area (TPSA) is 32.8 Å². The summed E-state index contributed by atoms with van der Waals surface area (Å²) in [6.45, 7) is 9.59. The number of likely N-dealkylation sites (tertiary alicyclic amines) is 1. The molecule has 1 aliphatic rings. The number of rotatable bonds is 7. The second-order valence-electron chi connectivity index (χ2n) is 7.49. The number of amides is 2. The summed E-state index contributed by atoms with van der Waals surface area (Å²) in [7, 11) is 0. The molecule has 1 aromatic rings. The van der Waals surface area contributed by atoms with E-state index in [0.717, 1.165) is 32.2 Å². The molecule has 0 spiro atoms. The van der Waals surface area contributed by atoms with E-state index in [0.29, 0.717) is 11.7 Å². The van der Waals surface area contributed by atoms with Crippen molar-refractivity contribution >= 4 is 23.3 Å². The number of carbonyl (C=O) groups is 1. The molecule has 0 N–H and O–H groups in total. The van der Waals surface area contributed by atoms with Gasteiger partial charge in [0.25, 0.3) is 0 Å². The van der Waals surface area contributed by atoms with E-state index in [1.54, 1.807) is 0 Å². The lowest BCUT2D eigenvalue weighted by Crippen LogP contribution is -2.52. The normalized spacial score (nSPS) is 17.0. The highest BCUT2D eigenvalue weighted by Gasteiger charge is 2.36. The molecule has 0 aliphatic carbocycles. The minimum Gasteiger partial charge on any atom is -0.485 e. The largest absolute Gasteiger partial charge is 0.485 e. The number of hydrogen-bond acceptors (Lipinski definition) is 3. The van der Waals surface area contributed by atoms with Gasteiger partial charge in [-0.1, -0.05) is 30.3 Å². The Bertz CT molecular complexity index is 581. The van der Waals surface area contributed by atoms with E-state index in [9.17, 15) is 4.79 Å². The highest BCUT2D eigenvalue weighted by atomic mass is 32.1. The third kappa shape index (κ3) is 5.44. The molecule has 1 heterocycles. The van der Waals surface area contributed by atoms with Crippen LogP contribution in [0.15, 0.2) is 30.3 Å². The van der Waals surface area contributed by atoms with Crippen molar-refractivity contribution in [2.24, 2.45) is 0 Å². The summed E-state index contributed by atoms with van der Waals surface area (Å²) in [6.07, 6.45) is 3.78. The van der Waals surface area contributed by atoms with Crippen molar-refractivity contribution in [1.82, 2.24) is 9.80 Å². The van der Waals surface area contributed by atoms with Gasteiger partial charge in [0.2, 0.25) is 0 Å². The standard InChI is InChI=1S/C21H32N2O2S/c1-16(2)23(17(3)4)21(24)22-14-8-13-19(22)20(26)25-15-9-12-18-10-6-5-7-11-18/h5-7,10-11,16-17,19H,8-9,12-15H2,1-4H3/t19-/m0/s1. The third-order valence-corrected chi connectivity index (χ3v) is 5.19. The molecule has 0 aromatic heterocycles. The lowest BCUT2D eigenvalue weighted by Gasteiger charge is -2.36. The molecule has 0 bridgehead atoms. The molecule has 26 heavy (non-hydrogen) atoms. The van der Waals surface area contributed by atoms with Crippen LogP contribution >= 0.6 is 12.2 Å². The Morgan fingerprint density at radius 2 is 1.88 bits per heavy atom. The van der Waals surface area contributed by atoms with E-state index in [1.807, 2.05) is 15.9 Å². The Hall–Kier alpha value is -1.62. The van der Waals surface area contributed by atoms with Gasteiger partial charge >= 0.3 is 6.03 Å². The zero-order valence-corrected chi connectivity index (χ0v) is 17.3. The summed E-state index contributed by atoms with van der Waals surface area (Å²) < 4.78 is 5.85. The average molecular weight is 377 g/mol. The van der Waals surface area contributed by atoms with E-state index < -0.39 is 0 Å². The first kappa shape index (κ1) is 20.7. The smallest absolute Gasteiger partial charge is 0.321 e. The van der Waals surface area contributed by atoms with Crippen LogP contribution in [0, 0.1) is 0 Å². The number of nitrogens with zero attached hydrogens (tertiary/aromatic N) is 2. The van der Waals surface area contributed by atoms with Crippen LogP contribution in [-0.2, 0) is 11.2 Å². The zero-order valence-electron chi connectivity index (χ0n) is 16.5. The molecular weight excluding hydrogens is 344 g/mol. The Morgan fingerprint density at radius 1 is 1.23 bits per heavy atom. The van der Waals surface area contributed by atoms with Crippen LogP contribution < -0.4 is 0 Å². The fourth-order valence-electron chi connectivity index (χ4n) is 3.62. The molecule has 0 radical (unpaired) electrons. The van der Waals surface area contributed by atoms with Gasteiger partial charge < -0.3 is 14.5 Å². The van der Waals surface area contributed by atoms with Gasteiger partial charge in [0.15, 0.2) is 5.05 Å². The number of ether oxygens (including phenoxy) is 1. The van der Waals surface area contributed by atoms with Crippen LogP contribution in [0.25, 0.3) is 0 Å². The number of urea groups is 1. The summed E-state index contributed by atoms with van der Waals surface area (Å²) in [4.78, 5) is 16.8. The van der Waals surface area contributed by atoms with Gasteiger partial charge in [-0.05, 0) is 71.2 Å². The maximum absolute atomic E-state index is 13.0. The van der Waals surface area contributed by atoms with Gasteiger partial charge in [-0.15, -0.1) is 0 Å². The van der Waals surface area contributed by atoms with Crippen LogP contribution in [0.1, 0.15) is 52.5 Å². The lowest BCUT2D eigenvalue weighted by molar-refractivity contribution is 0.124. The van der Waals surface area contributed by atoms with E-state index in [1.165, 1.54) is 5.56 Å². The van der Waals surface area contributed by atoms with Crippen LogP contribution in [0.3, 0.4) is 0 Å².